The summed E-state index contributed by atoms with van der Waals surface area (Å²) >= 11 is 0. The van der Waals surface area contributed by atoms with Crippen molar-refractivity contribution in [1.29, 1.82) is 0 Å². The molecule has 23 heteroatoms. The van der Waals surface area contributed by atoms with Gasteiger partial charge < -0.3 is 35.0 Å². The number of fused-ring (bicyclic) bond motifs is 24. The zero-order valence-corrected chi connectivity index (χ0v) is 54.9. The number of rotatable bonds is 6. The molecule has 0 unspecified atom stereocenters. The maximum atomic E-state index is 11.3. The van der Waals surface area contributed by atoms with Crippen LogP contribution in [0.5, 0.6) is 0 Å². The summed E-state index contributed by atoms with van der Waals surface area (Å²) < 4.78 is 71.5. The predicted octanol–water partition coefficient (Wildman–Crippen LogP) is 12.2. The van der Waals surface area contributed by atoms with Gasteiger partial charge in [0.1, 0.15) is 0 Å². The first-order chi connectivity index (χ1) is 43.8. The molecule has 450 valence electrons. The van der Waals surface area contributed by atoms with Crippen molar-refractivity contribution in [2.45, 2.75) is 19.3 Å². The Morgan fingerprint density at radius 2 is 0.761 bits per heavy atom. The van der Waals surface area contributed by atoms with Gasteiger partial charge in [-0.2, -0.15) is 0 Å². The molecule has 8 aromatic carbocycles. The monoisotopic (exact) mass is 1320 g/mol. The topological polar surface area (TPSA) is 260 Å². The summed E-state index contributed by atoms with van der Waals surface area (Å²) in [7, 11) is -9.51. The molecule has 2 aliphatic heterocycles. The minimum absolute atomic E-state index is 0. The van der Waals surface area contributed by atoms with E-state index in [1.54, 1.807) is 55.0 Å². The smallest absolute Gasteiger partial charge is 0.481 e. The van der Waals surface area contributed by atoms with Crippen molar-refractivity contribution in [3.05, 3.63) is 218 Å². The standard InChI is InChI=1S/C42H25N8O2.3C9H9NO2S.Zn/c51-34(52)20-3-1-2-11-23-12-10-13-24-21-32-33(22-31(23)24)42-49-40-30-19-9-7-17-28(30)38(47-40)45-36-26-15-5-4-14-25(26)35(43-36)44-37-27-16-6-8-18-29(27)39(46-37)48-41(32)50-42;3*1-13(11,12)10-7-6-8-4-2-3-5-9(8)10;/h4-10,12-19,21-22H,1,3,20H2,(H2-,43,44,45,46,47,48,49,50,51,52);3*2-7H,1H3;/q-1;;;;+2/p-1. The van der Waals surface area contributed by atoms with Gasteiger partial charge in [0.05, 0.1) is 58.6 Å². The van der Waals surface area contributed by atoms with Crippen LogP contribution in [0.2, 0.25) is 0 Å². The van der Waals surface area contributed by atoms with Gasteiger partial charge >= 0.3 is 25.4 Å². The van der Waals surface area contributed by atoms with E-state index < -0.39 is 36.0 Å². The maximum absolute atomic E-state index is 11.3. The third-order valence-corrected chi connectivity index (χ3v) is 18.2. The third-order valence-electron chi connectivity index (χ3n) is 15.1. The number of aliphatic carboxylic acids is 1. The van der Waals surface area contributed by atoms with Gasteiger partial charge in [0.15, 0.2) is 0 Å². The molecule has 0 fully saturated rings. The van der Waals surface area contributed by atoms with E-state index >= 15 is 0 Å². The number of aromatic nitrogens is 11. The van der Waals surface area contributed by atoms with Crippen molar-refractivity contribution >= 4 is 124 Å². The van der Waals surface area contributed by atoms with Crippen LogP contribution in [0.25, 0.3) is 133 Å². The van der Waals surface area contributed by atoms with Gasteiger partial charge in [0.2, 0.25) is 30.1 Å². The number of hydrogen-bond donors (Lipinski definition) is 1. The zero-order chi connectivity index (χ0) is 63.2. The quantitative estimate of drug-likeness (QED) is 0.0921. The molecule has 1 N–H and O–H groups in total. The van der Waals surface area contributed by atoms with E-state index in [0.29, 0.717) is 58.7 Å². The van der Waals surface area contributed by atoms with Crippen molar-refractivity contribution in [3.8, 4) is 57.4 Å². The zero-order valence-electron chi connectivity index (χ0n) is 49.5. The molecule has 92 heavy (non-hydrogen) atoms. The van der Waals surface area contributed by atoms with Crippen molar-refractivity contribution in [2.75, 3.05) is 18.8 Å². The Hall–Kier alpha value is -10.5. The first-order valence-electron chi connectivity index (χ1n) is 28.4. The van der Waals surface area contributed by atoms with Gasteiger partial charge in [-0.05, 0) is 93.3 Å². The normalized spacial score (nSPS) is 11.7. The Balaban J connectivity index is 0.000000163. The molecule has 19 nitrogen and oxygen atoms in total. The molecule has 0 saturated heterocycles. The Labute approximate surface area is 540 Å². The first-order valence-corrected chi connectivity index (χ1v) is 34.0. The summed E-state index contributed by atoms with van der Waals surface area (Å²) in [5.41, 5.74) is 8.35. The van der Waals surface area contributed by atoms with Crippen molar-refractivity contribution in [1.82, 2.24) is 51.8 Å². The number of unbranched alkanes of at least 4 members (excludes halogenated alkanes) is 1. The van der Waals surface area contributed by atoms with Gasteiger partial charge in [-0.3, -0.25) is 4.79 Å². The molecule has 0 amide bonds. The molecule has 14 aromatic rings. The molecular formula is C69H51N11O8S3Zn. The second-order valence-corrected chi connectivity index (χ2v) is 27.0. The van der Waals surface area contributed by atoms with Crippen LogP contribution in [-0.2, 0) is 54.3 Å². The van der Waals surface area contributed by atoms with Crippen LogP contribution in [0.3, 0.4) is 0 Å². The van der Waals surface area contributed by atoms with Gasteiger partial charge in [-0.1, -0.05) is 151 Å². The summed E-state index contributed by atoms with van der Waals surface area (Å²) in [6.07, 6.45) is 9.36. The Morgan fingerprint density at radius 1 is 0.413 bits per heavy atom. The fourth-order valence-electron chi connectivity index (χ4n) is 10.9. The SMILES string of the molecule is CS(=O)(=O)n1ccc2ccccc21.CS(=O)(=O)n1ccc2ccccc21.CS(=O)(=O)n1ccc2ccccc21.O=C(O)CCCC#Cc1cccc2cc3c4nc5nc(nc6[n-]c(nc7nc(nc([n-]4)c3cc12)-c1ccccc1-7)c1ccccc61)-c1ccccc1-5.[Zn+2]. The number of carbonyl (C=O) groups is 1. The van der Waals surface area contributed by atoms with Gasteiger partial charge in [-0.15, -0.1) is 0 Å². The first kappa shape index (κ1) is 61.7. The number of benzene rings is 8. The van der Waals surface area contributed by atoms with Crippen molar-refractivity contribution < 1.29 is 54.6 Å². The van der Waals surface area contributed by atoms with Crippen LogP contribution < -0.4 is 9.97 Å². The predicted molar refractivity (Wildman–Crippen MR) is 356 cm³/mol. The second-order valence-electron chi connectivity index (χ2n) is 21.4. The Morgan fingerprint density at radius 3 is 1.15 bits per heavy atom. The summed E-state index contributed by atoms with van der Waals surface area (Å²) in [4.78, 5) is 51.0. The Kier molecular flexibility index (Phi) is 16.8. The minimum atomic E-state index is -3.17. The van der Waals surface area contributed by atoms with Gasteiger partial charge in [0.25, 0.3) is 0 Å². The number of nitrogens with zero attached hydrogens (tertiary/aromatic N) is 11. The molecule has 0 spiro atoms. The van der Waals surface area contributed by atoms with E-state index in [2.05, 4.69) is 24.0 Å². The molecule has 8 bridgehead atoms. The largest absolute Gasteiger partial charge is 2.00 e. The molecular weight excluding hydrogens is 1270 g/mol. The van der Waals surface area contributed by atoms with Crippen LogP contribution >= 0.6 is 0 Å². The van der Waals surface area contributed by atoms with E-state index in [9.17, 15) is 30.0 Å². The number of carboxylic acids is 1. The van der Waals surface area contributed by atoms with E-state index in [1.165, 1.54) is 30.7 Å². The van der Waals surface area contributed by atoms with E-state index in [0.717, 1.165) is 92.8 Å². The molecule has 6 aromatic heterocycles. The summed E-state index contributed by atoms with van der Waals surface area (Å²) in [5.74, 6) is 7.58. The van der Waals surface area contributed by atoms with Gasteiger partial charge in [-0.25, -0.2) is 47.1 Å². The number of hydrogen-bond acceptors (Lipinski definition) is 13. The van der Waals surface area contributed by atoms with Gasteiger partial charge in [0, 0.05) is 98.0 Å². The third kappa shape index (κ3) is 12.4. The van der Waals surface area contributed by atoms with Crippen LogP contribution in [0, 0.1) is 11.8 Å². The molecule has 0 radical (unpaired) electrons. The molecule has 16 rings (SSSR count). The van der Waals surface area contributed by atoms with Crippen LogP contribution in [0.15, 0.2) is 213 Å². The summed E-state index contributed by atoms with van der Waals surface area (Å²) in [6.45, 7) is 0. The van der Waals surface area contributed by atoms with E-state index in [1.807, 2.05) is 146 Å². The van der Waals surface area contributed by atoms with Crippen LogP contribution in [0.1, 0.15) is 24.8 Å². The fraction of sp³-hybridized carbons (Fsp3) is 0.0870. The van der Waals surface area contributed by atoms with Crippen LogP contribution in [0.4, 0.5) is 0 Å². The molecule has 0 saturated carbocycles. The average molecular weight is 1320 g/mol. The summed E-state index contributed by atoms with van der Waals surface area (Å²) in [6, 6.07) is 61.3. The van der Waals surface area contributed by atoms with E-state index in [-0.39, 0.29) is 25.9 Å². The maximum Gasteiger partial charge on any atom is 2.00 e. The van der Waals surface area contributed by atoms with Crippen LogP contribution in [-0.4, -0.2) is 96.9 Å². The number of carboxylic acid groups (broad SMARTS) is 1. The molecule has 0 atom stereocenters. The second kappa shape index (κ2) is 25.1. The molecule has 0 aliphatic carbocycles. The number of para-hydroxylation sites is 3. The molecule has 8 heterocycles. The summed E-state index contributed by atoms with van der Waals surface area (Å²) in [5, 5.41) is 17.0. The fourth-order valence-corrected chi connectivity index (χ4v) is 13.3. The average Bonchev–Trinajstić information content (AvgIpc) is 1.59. The van der Waals surface area contributed by atoms with E-state index in [4.69, 9.17) is 45.0 Å². The van der Waals surface area contributed by atoms with Crippen molar-refractivity contribution in [3.63, 3.8) is 0 Å². The minimum Gasteiger partial charge on any atom is -0.481 e. The molecule has 2 aliphatic rings. The Bertz CT molecular complexity index is 5640. The van der Waals surface area contributed by atoms with Crippen molar-refractivity contribution in [2.24, 2.45) is 0 Å².